The van der Waals surface area contributed by atoms with E-state index in [1.54, 1.807) is 17.4 Å². The van der Waals surface area contributed by atoms with Crippen LogP contribution in [0.5, 0.6) is 0 Å². The van der Waals surface area contributed by atoms with Crippen LogP contribution in [0.15, 0.2) is 41.4 Å². The summed E-state index contributed by atoms with van der Waals surface area (Å²) in [5.41, 5.74) is 3.04. The monoisotopic (exact) mass is 614 g/mol. The number of anilines is 1. The standard InChI is InChI=1S/C31H42N4O7S/c1-5-35(6-2)27-12-9-23(43-27)8-11-26-31(3,4)24-19-22(7-10-25(24)33-26)30(40)32-13-15-41-17-18-42-16-14-34(20-28(36)37)21-29(38)39/h7-12,19H,5-6,13-18,20-21H2,1-4H3,(H,32,40)(H,36,37)(H,38,39). The average Bonchev–Trinajstić information content (AvgIpc) is 3.52. The van der Waals surface area contributed by atoms with Gasteiger partial charge in [-0.05, 0) is 61.9 Å². The minimum Gasteiger partial charge on any atom is -0.480 e. The van der Waals surface area contributed by atoms with Crippen LogP contribution in [0.3, 0.4) is 0 Å². The van der Waals surface area contributed by atoms with E-state index in [4.69, 9.17) is 24.7 Å². The molecule has 1 aromatic heterocycles. The number of nitrogens with one attached hydrogen (secondary N) is 1. The van der Waals surface area contributed by atoms with E-state index >= 15 is 0 Å². The minimum absolute atomic E-state index is 0.182. The van der Waals surface area contributed by atoms with Gasteiger partial charge in [-0.15, -0.1) is 11.3 Å². The van der Waals surface area contributed by atoms with Crippen LogP contribution >= 0.6 is 11.3 Å². The second kappa shape index (κ2) is 16.3. The molecule has 11 nitrogen and oxygen atoms in total. The van der Waals surface area contributed by atoms with E-state index in [9.17, 15) is 14.4 Å². The van der Waals surface area contributed by atoms with Crippen molar-refractivity contribution in [3.05, 3.63) is 52.4 Å². The minimum atomic E-state index is -1.10. The van der Waals surface area contributed by atoms with E-state index in [1.165, 1.54) is 14.8 Å². The third-order valence-corrected chi connectivity index (χ3v) is 8.19. The van der Waals surface area contributed by atoms with Crippen molar-refractivity contribution >= 4 is 51.7 Å². The largest absolute Gasteiger partial charge is 0.480 e. The molecule has 1 aliphatic heterocycles. The highest BCUT2D eigenvalue weighted by molar-refractivity contribution is 7.16. The molecule has 1 aliphatic rings. The normalized spacial score (nSPS) is 13.7. The number of ether oxygens (including phenoxy) is 2. The number of allylic oxidation sites excluding steroid dienone is 1. The summed E-state index contributed by atoms with van der Waals surface area (Å²) in [6, 6.07) is 9.86. The first-order chi connectivity index (χ1) is 20.5. The number of hydrogen-bond donors (Lipinski definition) is 3. The van der Waals surface area contributed by atoms with Gasteiger partial charge >= 0.3 is 11.9 Å². The Labute approximate surface area is 256 Å². The van der Waals surface area contributed by atoms with Crippen LogP contribution in [-0.4, -0.2) is 104 Å². The Balaban J connectivity index is 1.41. The fourth-order valence-electron chi connectivity index (χ4n) is 4.68. The third kappa shape index (κ3) is 9.99. The van der Waals surface area contributed by atoms with Crippen LogP contribution in [0.1, 0.15) is 48.5 Å². The van der Waals surface area contributed by atoms with Gasteiger partial charge in [0, 0.05) is 42.0 Å². The molecule has 0 aliphatic carbocycles. The molecule has 0 spiro atoms. The maximum atomic E-state index is 12.8. The average molecular weight is 615 g/mol. The zero-order chi connectivity index (χ0) is 31.4. The number of carboxylic acids is 2. The van der Waals surface area contributed by atoms with Gasteiger partial charge in [-0.25, -0.2) is 0 Å². The maximum absolute atomic E-state index is 12.8. The van der Waals surface area contributed by atoms with Crippen molar-refractivity contribution in [3.63, 3.8) is 0 Å². The lowest BCUT2D eigenvalue weighted by Crippen LogP contribution is -2.37. The highest BCUT2D eigenvalue weighted by atomic mass is 32.1. The van der Waals surface area contributed by atoms with Crippen LogP contribution in [0.4, 0.5) is 10.7 Å². The number of thiophene rings is 1. The molecule has 0 saturated carbocycles. The number of aliphatic imine (C=N–C) groups is 1. The molecule has 1 amide bonds. The van der Waals surface area contributed by atoms with Gasteiger partial charge in [0.2, 0.25) is 0 Å². The van der Waals surface area contributed by atoms with Crippen LogP contribution < -0.4 is 10.2 Å². The smallest absolute Gasteiger partial charge is 0.317 e. The Morgan fingerprint density at radius 1 is 0.953 bits per heavy atom. The number of hydrogen-bond acceptors (Lipinski definition) is 9. The number of carbonyl (C=O) groups is 3. The van der Waals surface area contributed by atoms with Gasteiger partial charge in [-0.1, -0.05) is 13.8 Å². The molecule has 0 atom stereocenters. The van der Waals surface area contributed by atoms with Crippen LogP contribution in [0, 0.1) is 0 Å². The van der Waals surface area contributed by atoms with Crippen molar-refractivity contribution in [2.24, 2.45) is 4.99 Å². The second-order valence-corrected chi connectivity index (χ2v) is 11.6. The Morgan fingerprint density at radius 3 is 2.28 bits per heavy atom. The molecule has 3 N–H and O–H groups in total. The lowest BCUT2D eigenvalue weighted by atomic mass is 9.80. The molecule has 0 radical (unpaired) electrons. The predicted octanol–water partition coefficient (Wildman–Crippen LogP) is 3.91. The quantitative estimate of drug-likeness (QED) is 0.201. The number of rotatable bonds is 19. The van der Waals surface area contributed by atoms with Crippen LogP contribution in [-0.2, 0) is 24.5 Å². The highest BCUT2D eigenvalue weighted by Gasteiger charge is 2.34. The predicted molar refractivity (Wildman–Crippen MR) is 169 cm³/mol. The van der Waals surface area contributed by atoms with E-state index in [0.717, 1.165) is 30.1 Å². The Bertz CT molecular complexity index is 1300. The van der Waals surface area contributed by atoms with Crippen molar-refractivity contribution in [1.82, 2.24) is 10.2 Å². The van der Waals surface area contributed by atoms with Crippen LogP contribution in [0.2, 0.25) is 0 Å². The molecule has 43 heavy (non-hydrogen) atoms. The SMILES string of the molecule is CCN(CC)c1ccc(C=CC2=Nc3ccc(C(=O)NCCOCCOCCN(CC(=O)O)CC(=O)O)cc3C2(C)C)s1. The molecule has 3 rings (SSSR count). The molecule has 0 saturated heterocycles. The molecule has 2 aromatic rings. The zero-order valence-electron chi connectivity index (χ0n) is 25.3. The zero-order valence-corrected chi connectivity index (χ0v) is 26.1. The summed E-state index contributed by atoms with van der Waals surface area (Å²) in [4.78, 5) is 44.1. The first-order valence-electron chi connectivity index (χ1n) is 14.4. The Morgan fingerprint density at radius 2 is 1.63 bits per heavy atom. The fraction of sp³-hybridized carbons (Fsp3) is 0.484. The van der Waals surface area contributed by atoms with Crippen molar-refractivity contribution in [3.8, 4) is 0 Å². The van der Waals surface area contributed by atoms with Crippen molar-refractivity contribution in [2.45, 2.75) is 33.1 Å². The fourth-order valence-corrected chi connectivity index (χ4v) is 5.71. The van der Waals surface area contributed by atoms with Crippen LogP contribution in [0.25, 0.3) is 6.08 Å². The van der Waals surface area contributed by atoms with Gasteiger partial charge in [-0.3, -0.25) is 24.3 Å². The lowest BCUT2D eigenvalue weighted by Gasteiger charge is -2.21. The van der Waals surface area contributed by atoms with Gasteiger partial charge in [0.15, 0.2) is 0 Å². The molecule has 2 heterocycles. The van der Waals surface area contributed by atoms with Gasteiger partial charge in [0.05, 0.1) is 55.9 Å². The maximum Gasteiger partial charge on any atom is 0.317 e. The van der Waals surface area contributed by atoms with Gasteiger partial charge < -0.3 is 29.9 Å². The summed E-state index contributed by atoms with van der Waals surface area (Å²) in [6.45, 7) is 11.3. The summed E-state index contributed by atoms with van der Waals surface area (Å²) in [7, 11) is 0. The van der Waals surface area contributed by atoms with Gasteiger partial charge in [0.25, 0.3) is 5.91 Å². The van der Waals surface area contributed by atoms with Crippen molar-refractivity contribution in [1.29, 1.82) is 0 Å². The molecular weight excluding hydrogens is 572 g/mol. The van der Waals surface area contributed by atoms with Gasteiger partial charge in [-0.2, -0.15) is 0 Å². The summed E-state index contributed by atoms with van der Waals surface area (Å²) in [6.07, 6.45) is 4.18. The summed E-state index contributed by atoms with van der Waals surface area (Å²) >= 11 is 1.76. The van der Waals surface area contributed by atoms with E-state index in [1.807, 2.05) is 12.1 Å². The van der Waals surface area contributed by atoms with E-state index in [0.29, 0.717) is 18.7 Å². The second-order valence-electron chi connectivity index (χ2n) is 10.5. The number of aliphatic carboxylic acids is 2. The van der Waals surface area contributed by atoms with Crippen molar-refractivity contribution < 1.29 is 34.1 Å². The van der Waals surface area contributed by atoms with Crippen molar-refractivity contribution in [2.75, 3.05) is 70.6 Å². The molecule has 234 valence electrons. The van der Waals surface area contributed by atoms with E-state index in [-0.39, 0.29) is 50.8 Å². The highest BCUT2D eigenvalue weighted by Crippen LogP contribution is 2.41. The number of nitrogens with zero attached hydrogens (tertiary/aromatic N) is 3. The molecule has 0 fully saturated rings. The Hall–Kier alpha value is -3.58. The number of benzene rings is 1. The van der Waals surface area contributed by atoms with Gasteiger partial charge in [0.1, 0.15) is 0 Å². The topological polar surface area (TPSA) is 141 Å². The molecule has 0 bridgehead atoms. The summed E-state index contributed by atoms with van der Waals surface area (Å²) < 4.78 is 10.9. The lowest BCUT2D eigenvalue weighted by molar-refractivity contribution is -0.142. The number of amides is 1. The number of carboxylic acid groups (broad SMARTS) is 2. The summed E-state index contributed by atoms with van der Waals surface area (Å²) in [5, 5.41) is 21.8. The van der Waals surface area contributed by atoms with E-state index in [2.05, 4.69) is 62.2 Å². The molecule has 1 aromatic carbocycles. The number of fused-ring (bicyclic) bond motifs is 1. The summed E-state index contributed by atoms with van der Waals surface area (Å²) in [5.74, 6) is -2.39. The third-order valence-electron chi connectivity index (χ3n) is 7.08. The molecule has 0 unspecified atom stereocenters. The first kappa shape index (κ1) is 33.9. The first-order valence-corrected chi connectivity index (χ1v) is 15.2. The van der Waals surface area contributed by atoms with E-state index < -0.39 is 11.9 Å². The molecule has 12 heteroatoms. The Kier molecular flexibility index (Phi) is 12.9. The number of carbonyl (C=O) groups excluding carboxylic acids is 1. The molecular formula is C31H42N4O7S.